The summed E-state index contributed by atoms with van der Waals surface area (Å²) in [4.78, 5) is 12.2. The molecule has 0 heterocycles. The highest BCUT2D eigenvalue weighted by Crippen LogP contribution is 2.23. The van der Waals surface area contributed by atoms with Crippen LogP contribution in [-0.2, 0) is 10.0 Å². The van der Waals surface area contributed by atoms with Crippen LogP contribution in [0.25, 0.3) is 0 Å². The van der Waals surface area contributed by atoms with Crippen LogP contribution in [0.1, 0.15) is 56.8 Å². The zero-order valence-corrected chi connectivity index (χ0v) is 16.4. The molecule has 6 nitrogen and oxygen atoms in total. The van der Waals surface area contributed by atoms with Crippen molar-refractivity contribution in [1.29, 1.82) is 0 Å². The van der Waals surface area contributed by atoms with Gasteiger partial charge in [-0.15, -0.1) is 0 Å². The van der Waals surface area contributed by atoms with Crippen molar-refractivity contribution in [2.75, 3.05) is 20.2 Å². The van der Waals surface area contributed by atoms with Gasteiger partial charge in [0, 0.05) is 13.1 Å². The number of carbonyl (C=O) groups is 1. The predicted molar refractivity (Wildman–Crippen MR) is 99.5 cm³/mol. The first-order valence-corrected chi connectivity index (χ1v) is 10.3. The molecule has 1 aromatic carbocycles. The molecule has 0 fully saturated rings. The summed E-state index contributed by atoms with van der Waals surface area (Å²) in [5.74, 6) is 0.306. The second kappa shape index (κ2) is 10.4. The number of amides is 1. The average molecular weight is 371 g/mol. The number of nitrogens with one attached hydrogen (secondary N) is 2. The molecule has 0 aliphatic carbocycles. The van der Waals surface area contributed by atoms with Crippen molar-refractivity contribution in [3.63, 3.8) is 0 Å². The van der Waals surface area contributed by atoms with Crippen molar-refractivity contribution in [2.45, 2.75) is 51.3 Å². The van der Waals surface area contributed by atoms with Gasteiger partial charge in [0.15, 0.2) is 0 Å². The molecule has 0 aromatic heterocycles. The van der Waals surface area contributed by atoms with E-state index in [1.807, 2.05) is 0 Å². The normalized spacial score (nSPS) is 12.6. The van der Waals surface area contributed by atoms with E-state index in [2.05, 4.69) is 23.9 Å². The third-order valence-corrected chi connectivity index (χ3v) is 5.59. The molecule has 1 atom stereocenters. The Morgan fingerprint density at radius 2 is 1.96 bits per heavy atom. The standard InChI is InChI=1S/C18H30N2O4S/c1-5-8-9-14(6-2)13-20-25(22,23)15-10-11-17(24-4)16(12-15)18(21)19-7-3/h10-12,14,20H,5-9,13H2,1-4H3,(H,19,21)/t14-/m1/s1. The largest absolute Gasteiger partial charge is 0.496 e. The molecule has 25 heavy (non-hydrogen) atoms. The van der Waals surface area contributed by atoms with Crippen molar-refractivity contribution in [3.05, 3.63) is 23.8 Å². The van der Waals surface area contributed by atoms with Crippen LogP contribution in [0.4, 0.5) is 0 Å². The van der Waals surface area contributed by atoms with Gasteiger partial charge in [0.05, 0.1) is 17.6 Å². The molecule has 142 valence electrons. The minimum absolute atomic E-state index is 0.0693. The average Bonchev–Trinajstić information content (AvgIpc) is 2.61. The molecule has 1 amide bonds. The lowest BCUT2D eigenvalue weighted by atomic mass is 10.00. The number of ether oxygens (including phenoxy) is 1. The second-order valence-electron chi connectivity index (χ2n) is 5.99. The molecule has 1 rings (SSSR count). The zero-order chi connectivity index (χ0) is 18.9. The molecule has 0 bridgehead atoms. The van der Waals surface area contributed by atoms with Gasteiger partial charge in [-0.1, -0.05) is 33.1 Å². The first kappa shape index (κ1) is 21.4. The summed E-state index contributed by atoms with van der Waals surface area (Å²) in [6, 6.07) is 4.32. The van der Waals surface area contributed by atoms with Gasteiger partial charge in [-0.05, 0) is 37.5 Å². The summed E-state index contributed by atoms with van der Waals surface area (Å²) in [5.41, 5.74) is 0.213. The molecular weight excluding hydrogens is 340 g/mol. The van der Waals surface area contributed by atoms with E-state index in [0.717, 1.165) is 25.7 Å². The number of sulfonamides is 1. The molecule has 0 radical (unpaired) electrons. The van der Waals surface area contributed by atoms with E-state index in [-0.39, 0.29) is 16.4 Å². The maximum Gasteiger partial charge on any atom is 0.255 e. The summed E-state index contributed by atoms with van der Waals surface area (Å²) in [6.07, 6.45) is 4.11. The number of benzene rings is 1. The lowest BCUT2D eigenvalue weighted by Crippen LogP contribution is -2.30. The van der Waals surface area contributed by atoms with Crippen molar-refractivity contribution >= 4 is 15.9 Å². The highest BCUT2D eigenvalue weighted by Gasteiger charge is 2.20. The molecule has 0 aliphatic rings. The zero-order valence-electron chi connectivity index (χ0n) is 15.6. The van der Waals surface area contributed by atoms with E-state index in [9.17, 15) is 13.2 Å². The van der Waals surface area contributed by atoms with E-state index >= 15 is 0 Å². The number of carbonyl (C=O) groups excluding carboxylic acids is 1. The number of methoxy groups -OCH3 is 1. The van der Waals surface area contributed by atoms with E-state index in [4.69, 9.17) is 4.74 Å². The first-order chi connectivity index (χ1) is 11.9. The van der Waals surface area contributed by atoms with E-state index in [1.54, 1.807) is 6.92 Å². The monoisotopic (exact) mass is 370 g/mol. The maximum atomic E-state index is 12.6. The van der Waals surface area contributed by atoms with Crippen LogP contribution in [0.3, 0.4) is 0 Å². The Hall–Kier alpha value is -1.60. The molecule has 0 aliphatic heterocycles. The Morgan fingerprint density at radius 1 is 1.24 bits per heavy atom. The SMILES string of the molecule is CCCC[C@@H](CC)CNS(=O)(=O)c1ccc(OC)c(C(=O)NCC)c1. The second-order valence-corrected chi connectivity index (χ2v) is 7.76. The number of unbranched alkanes of at least 4 members (excludes halogenated alkanes) is 1. The number of hydrogen-bond acceptors (Lipinski definition) is 4. The molecule has 2 N–H and O–H groups in total. The topological polar surface area (TPSA) is 84.5 Å². The summed E-state index contributed by atoms with van der Waals surface area (Å²) in [7, 11) is -2.22. The Bertz CT molecular complexity index is 659. The fourth-order valence-electron chi connectivity index (χ4n) is 2.54. The molecule has 0 saturated heterocycles. The molecule has 0 saturated carbocycles. The molecule has 0 spiro atoms. The Morgan fingerprint density at radius 3 is 2.52 bits per heavy atom. The highest BCUT2D eigenvalue weighted by molar-refractivity contribution is 7.89. The van der Waals surface area contributed by atoms with Crippen LogP contribution in [0, 0.1) is 5.92 Å². The molecule has 7 heteroatoms. The first-order valence-electron chi connectivity index (χ1n) is 8.85. The van der Waals surface area contributed by atoms with Gasteiger partial charge in [0.25, 0.3) is 5.91 Å². The third-order valence-electron chi connectivity index (χ3n) is 4.17. The van der Waals surface area contributed by atoms with Gasteiger partial charge in [0.2, 0.25) is 10.0 Å². The third kappa shape index (κ3) is 6.32. The Kier molecular flexibility index (Phi) is 8.92. The summed E-state index contributed by atoms with van der Waals surface area (Å²) < 4.78 is 33.0. The van der Waals surface area contributed by atoms with E-state index in [1.165, 1.54) is 25.3 Å². The van der Waals surface area contributed by atoms with Crippen LogP contribution in [0.5, 0.6) is 5.75 Å². The Balaban J connectivity index is 2.97. The predicted octanol–water partition coefficient (Wildman–Crippen LogP) is 2.94. The van der Waals surface area contributed by atoms with Crippen LogP contribution in [0.2, 0.25) is 0 Å². The van der Waals surface area contributed by atoms with Gasteiger partial charge < -0.3 is 10.1 Å². The highest BCUT2D eigenvalue weighted by atomic mass is 32.2. The molecular formula is C18H30N2O4S. The van der Waals surface area contributed by atoms with Crippen molar-refractivity contribution in [3.8, 4) is 5.75 Å². The molecule has 1 aromatic rings. The quantitative estimate of drug-likeness (QED) is 0.627. The van der Waals surface area contributed by atoms with E-state index in [0.29, 0.717) is 24.8 Å². The smallest absolute Gasteiger partial charge is 0.255 e. The minimum Gasteiger partial charge on any atom is -0.496 e. The molecule has 0 unspecified atom stereocenters. The van der Waals surface area contributed by atoms with Crippen molar-refractivity contribution in [2.24, 2.45) is 5.92 Å². The van der Waals surface area contributed by atoms with Crippen molar-refractivity contribution < 1.29 is 17.9 Å². The van der Waals surface area contributed by atoms with Crippen LogP contribution < -0.4 is 14.8 Å². The van der Waals surface area contributed by atoms with E-state index < -0.39 is 10.0 Å². The fraction of sp³-hybridized carbons (Fsp3) is 0.611. The van der Waals surface area contributed by atoms with Gasteiger partial charge >= 0.3 is 0 Å². The van der Waals surface area contributed by atoms with Crippen molar-refractivity contribution in [1.82, 2.24) is 10.0 Å². The van der Waals surface area contributed by atoms with Crippen LogP contribution in [-0.4, -0.2) is 34.5 Å². The number of rotatable bonds is 11. The number of hydrogen-bond donors (Lipinski definition) is 2. The Labute approximate surface area is 151 Å². The lowest BCUT2D eigenvalue weighted by Gasteiger charge is -2.16. The van der Waals surface area contributed by atoms with Gasteiger partial charge in [-0.3, -0.25) is 4.79 Å². The van der Waals surface area contributed by atoms with Gasteiger partial charge in [-0.25, -0.2) is 13.1 Å². The maximum absolute atomic E-state index is 12.6. The fourth-order valence-corrected chi connectivity index (χ4v) is 3.68. The summed E-state index contributed by atoms with van der Waals surface area (Å²) in [6.45, 7) is 6.84. The minimum atomic E-state index is -3.67. The van der Waals surface area contributed by atoms with Crippen LogP contribution >= 0.6 is 0 Å². The lowest BCUT2D eigenvalue weighted by molar-refractivity contribution is 0.0952. The van der Waals surface area contributed by atoms with Gasteiger partial charge in [0.1, 0.15) is 5.75 Å². The summed E-state index contributed by atoms with van der Waals surface area (Å²) in [5, 5.41) is 2.66. The van der Waals surface area contributed by atoms with Gasteiger partial charge in [-0.2, -0.15) is 0 Å². The summed E-state index contributed by atoms with van der Waals surface area (Å²) >= 11 is 0. The van der Waals surface area contributed by atoms with Crippen LogP contribution in [0.15, 0.2) is 23.1 Å².